The summed E-state index contributed by atoms with van der Waals surface area (Å²) in [6, 6.07) is 76.7. The van der Waals surface area contributed by atoms with Crippen molar-refractivity contribution in [1.29, 1.82) is 0 Å². The van der Waals surface area contributed by atoms with E-state index in [2.05, 4.69) is 131 Å². The molecular weight excluding hydrogens is 850 g/mol. The third-order valence-electron chi connectivity index (χ3n) is 13.3. The van der Waals surface area contributed by atoms with Gasteiger partial charge in [-0.1, -0.05) is 97.1 Å². The van der Waals surface area contributed by atoms with Gasteiger partial charge in [-0.05, 0) is 0 Å². The van der Waals surface area contributed by atoms with Crippen LogP contribution in [-0.4, -0.2) is 39.9 Å². The monoisotopic (exact) mass is 886 g/mol. The van der Waals surface area contributed by atoms with Crippen molar-refractivity contribution in [2.75, 3.05) is 0 Å². The summed E-state index contributed by atoms with van der Waals surface area (Å²) in [6.07, 6.45) is 0. The Labute approximate surface area is 377 Å². The smallest absolute Gasteiger partial charge is 0.164 e. The Morgan fingerprint density at radius 2 is 0.446 bits per heavy atom. The summed E-state index contributed by atoms with van der Waals surface area (Å²) in [5.74, 6) is 2.39. The summed E-state index contributed by atoms with van der Waals surface area (Å²) in [7, 11) is 0. The van der Waals surface area contributed by atoms with Crippen LogP contribution >= 0.6 is 0 Å². The SMILES string of the molecule is c1cc[c]([Zn]([c]2ccccc2)([c]2ccccc2)[c]2ccccc2)cc1.c1ccc2c(c1)-c1nc-2nc2[nH]c(nc3nc(nc4[nH]c(n1)c1ccccc41)-c1ccccc1-3)c1ccccc21. The predicted molar refractivity (Wildman–Crippen MR) is 260 cm³/mol. The van der Waals surface area contributed by atoms with Crippen molar-refractivity contribution >= 4 is 60.8 Å². The Morgan fingerprint density at radius 1 is 0.231 bits per heavy atom. The molecule has 0 atom stereocenters. The fraction of sp³-hybridized carbons (Fsp3) is 0. The number of rotatable bonds is 4. The second kappa shape index (κ2) is 16.1. The zero-order chi connectivity index (χ0) is 43.2. The predicted octanol–water partition coefficient (Wildman–Crippen LogP) is 10.3. The van der Waals surface area contributed by atoms with Crippen molar-refractivity contribution in [3.63, 3.8) is 0 Å². The van der Waals surface area contributed by atoms with Crippen molar-refractivity contribution in [2.24, 2.45) is 0 Å². The van der Waals surface area contributed by atoms with Crippen LogP contribution in [0.4, 0.5) is 0 Å². The molecule has 11 aromatic rings. The largest absolute Gasteiger partial charge is 0.324 e. The van der Waals surface area contributed by atoms with Gasteiger partial charge in [0.05, 0.1) is 0 Å². The number of hydrogen-bond donors (Lipinski definition) is 2. The number of nitrogens with zero attached hydrogens (tertiary/aromatic N) is 6. The van der Waals surface area contributed by atoms with Gasteiger partial charge in [-0.3, -0.25) is 0 Å². The maximum absolute atomic E-state index is 5.02. The first-order valence-electron chi connectivity index (χ1n) is 22.0. The van der Waals surface area contributed by atoms with Crippen LogP contribution in [0.5, 0.6) is 0 Å². The van der Waals surface area contributed by atoms with Crippen LogP contribution in [-0.2, 0) is 14.8 Å². The first kappa shape index (κ1) is 38.4. The number of benzene rings is 8. The molecule has 8 bridgehead atoms. The Morgan fingerprint density at radius 3 is 0.692 bits per heavy atom. The molecule has 0 aliphatic carbocycles. The molecule has 304 valence electrons. The molecule has 0 amide bonds. The summed E-state index contributed by atoms with van der Waals surface area (Å²) < 4.78 is 5.98. The fourth-order valence-electron chi connectivity index (χ4n) is 10.3. The van der Waals surface area contributed by atoms with E-state index in [4.69, 9.17) is 29.9 Å². The molecular formula is C56H38N8Zn. The summed E-state index contributed by atoms with van der Waals surface area (Å²) in [5, 5.41) is 3.82. The molecule has 8 aromatic carbocycles. The fourth-order valence-corrected chi connectivity index (χ4v) is 24.5. The minimum atomic E-state index is -3.43. The van der Waals surface area contributed by atoms with Crippen LogP contribution in [0.25, 0.3) is 89.7 Å². The number of fused-ring (bicyclic) bond motifs is 20. The Balaban J connectivity index is 0.000000153. The van der Waals surface area contributed by atoms with Gasteiger partial charge in [-0.25, -0.2) is 29.9 Å². The minimum Gasteiger partial charge on any atom is -0.324 e. The van der Waals surface area contributed by atoms with Crippen molar-refractivity contribution in [3.05, 3.63) is 218 Å². The average Bonchev–Trinajstić information content (AvgIpc) is 4.12. The van der Waals surface area contributed by atoms with Crippen LogP contribution in [0.3, 0.4) is 0 Å². The Hall–Kier alpha value is -8.26. The van der Waals surface area contributed by atoms with E-state index in [1.165, 1.54) is 16.6 Å². The van der Waals surface area contributed by atoms with Crippen LogP contribution in [0.2, 0.25) is 0 Å². The van der Waals surface area contributed by atoms with E-state index in [0.717, 1.165) is 43.8 Å². The number of nitrogens with one attached hydrogen (secondary N) is 2. The first-order valence-corrected chi connectivity index (χ1v) is 28.0. The summed E-state index contributed by atoms with van der Waals surface area (Å²) in [6.45, 7) is 0. The van der Waals surface area contributed by atoms with Crippen LogP contribution < -0.4 is 16.6 Å². The number of aromatic nitrogens is 8. The summed E-state index contributed by atoms with van der Waals surface area (Å²) >= 11 is -3.43. The topological polar surface area (TPSA) is 109 Å². The Bertz CT molecular complexity index is 3240. The first-order chi connectivity index (χ1) is 32.2. The van der Waals surface area contributed by atoms with E-state index >= 15 is 0 Å². The summed E-state index contributed by atoms with van der Waals surface area (Å²) in [4.78, 5) is 36.8. The van der Waals surface area contributed by atoms with Gasteiger partial charge in [0, 0.05) is 43.8 Å². The van der Waals surface area contributed by atoms with Crippen molar-refractivity contribution < 1.29 is 14.8 Å². The van der Waals surface area contributed by atoms with Crippen molar-refractivity contribution in [2.45, 2.75) is 0 Å². The third kappa shape index (κ3) is 6.64. The molecule has 13 rings (SSSR count). The standard InChI is InChI=1S/C32H18N8.4C6H5.Zn/c1-2-10-18-17(9-1)25-33-26(18)38-28-21-13-5-6-14-22(21)30(35-28)40-32-24-16-8-7-15-23(24)31(36-32)39-29-20-12-4-3-11-19(20)27(34-29)37-25;4*1-2-4-6-5-3-1;/h1-16H,(H2,33,34,35,36,37,38,39,40);4*1-5H;. The Kier molecular flexibility index (Phi) is 9.54. The maximum Gasteiger partial charge on any atom is 0.164 e. The molecule has 0 spiro atoms. The van der Waals surface area contributed by atoms with Crippen LogP contribution in [0, 0.1) is 0 Å². The van der Waals surface area contributed by atoms with Crippen molar-refractivity contribution in [3.8, 4) is 45.6 Å². The molecule has 0 radical (unpaired) electrons. The zero-order valence-electron chi connectivity index (χ0n) is 35.2. The van der Waals surface area contributed by atoms with Gasteiger partial charge in [0.1, 0.15) is 22.6 Å². The molecule has 0 fully saturated rings. The molecule has 2 aliphatic heterocycles. The summed E-state index contributed by atoms with van der Waals surface area (Å²) in [5.41, 5.74) is 6.45. The molecule has 0 unspecified atom stereocenters. The number of H-pyrrole nitrogens is 2. The minimum absolute atomic E-state index is 0.597. The van der Waals surface area contributed by atoms with Crippen LogP contribution in [0.1, 0.15) is 0 Å². The maximum atomic E-state index is 5.02. The van der Waals surface area contributed by atoms with Gasteiger partial charge in [0.15, 0.2) is 23.3 Å². The molecule has 5 heterocycles. The van der Waals surface area contributed by atoms with Gasteiger partial charge >= 0.3 is 153 Å². The van der Waals surface area contributed by atoms with E-state index in [1.807, 2.05) is 97.1 Å². The molecule has 9 heteroatoms. The molecule has 3 aromatic heterocycles. The van der Waals surface area contributed by atoms with Crippen molar-refractivity contribution in [1.82, 2.24) is 39.9 Å². The second-order valence-electron chi connectivity index (χ2n) is 16.8. The number of hydrogen-bond acceptors (Lipinski definition) is 6. The van der Waals surface area contributed by atoms with E-state index in [1.54, 1.807) is 0 Å². The quantitative estimate of drug-likeness (QED) is 0.170. The van der Waals surface area contributed by atoms with E-state index < -0.39 is 14.8 Å². The zero-order valence-corrected chi connectivity index (χ0v) is 38.1. The van der Waals surface area contributed by atoms with Crippen LogP contribution in [0.15, 0.2) is 218 Å². The van der Waals surface area contributed by atoms with E-state index in [9.17, 15) is 0 Å². The van der Waals surface area contributed by atoms with Gasteiger partial charge in [0.25, 0.3) is 0 Å². The second-order valence-corrected chi connectivity index (χ2v) is 28.1. The van der Waals surface area contributed by atoms with Gasteiger partial charge in [0.2, 0.25) is 0 Å². The molecule has 0 saturated heterocycles. The molecule has 2 N–H and O–H groups in total. The normalized spacial score (nSPS) is 11.4. The van der Waals surface area contributed by atoms with E-state index in [0.29, 0.717) is 45.9 Å². The molecule has 0 saturated carbocycles. The molecule has 2 aliphatic rings. The van der Waals surface area contributed by atoms with Gasteiger partial charge in [-0.2, -0.15) is 0 Å². The third-order valence-corrected chi connectivity index (χ3v) is 27.5. The molecule has 65 heavy (non-hydrogen) atoms. The van der Waals surface area contributed by atoms with Gasteiger partial charge in [-0.15, -0.1) is 0 Å². The number of aromatic amines is 2. The average molecular weight is 888 g/mol. The van der Waals surface area contributed by atoms with Gasteiger partial charge < -0.3 is 9.97 Å². The van der Waals surface area contributed by atoms with E-state index in [-0.39, 0.29) is 0 Å². The molecule has 8 nitrogen and oxygen atoms in total.